The lowest BCUT2D eigenvalue weighted by Crippen LogP contribution is -2.47. The maximum absolute atomic E-state index is 4.67. The van der Waals surface area contributed by atoms with Gasteiger partial charge in [0, 0.05) is 23.5 Å². The van der Waals surface area contributed by atoms with Gasteiger partial charge in [-0.25, -0.2) is 4.98 Å². The molecule has 0 aliphatic heterocycles. The second-order valence-corrected chi connectivity index (χ2v) is 8.18. The van der Waals surface area contributed by atoms with E-state index < -0.39 is 0 Å². The topological polar surface area (TPSA) is 24.9 Å². The molecule has 0 spiro atoms. The van der Waals surface area contributed by atoms with Crippen LogP contribution in [-0.2, 0) is 6.42 Å². The van der Waals surface area contributed by atoms with Crippen molar-refractivity contribution in [2.75, 3.05) is 6.54 Å². The normalized spacial score (nSPS) is 27.8. The Balaban J connectivity index is 2.09. The molecule has 3 atom stereocenters. The second-order valence-electron chi connectivity index (χ2n) is 7.24. The zero-order valence-electron chi connectivity index (χ0n) is 13.7. The van der Waals surface area contributed by atoms with Crippen LogP contribution in [0.2, 0.25) is 0 Å². The molecular weight excluding hydrogens is 264 g/mol. The highest BCUT2D eigenvalue weighted by Gasteiger charge is 2.39. The summed E-state index contributed by atoms with van der Waals surface area (Å²) < 4.78 is 0. The van der Waals surface area contributed by atoms with Crippen molar-refractivity contribution < 1.29 is 0 Å². The van der Waals surface area contributed by atoms with Crippen molar-refractivity contribution in [1.29, 1.82) is 0 Å². The molecule has 1 aliphatic rings. The number of rotatable bonds is 5. The first-order chi connectivity index (χ1) is 9.42. The molecule has 1 aromatic heterocycles. The fourth-order valence-electron chi connectivity index (χ4n) is 3.81. The molecule has 0 aromatic carbocycles. The average molecular weight is 295 g/mol. The fourth-order valence-corrected chi connectivity index (χ4v) is 4.82. The molecule has 1 fully saturated rings. The van der Waals surface area contributed by atoms with Gasteiger partial charge in [-0.1, -0.05) is 34.1 Å². The quantitative estimate of drug-likeness (QED) is 0.868. The van der Waals surface area contributed by atoms with Crippen molar-refractivity contribution >= 4 is 11.3 Å². The highest BCUT2D eigenvalue weighted by molar-refractivity contribution is 7.09. The summed E-state index contributed by atoms with van der Waals surface area (Å²) in [5.74, 6) is 1.64. The first-order valence-electron chi connectivity index (χ1n) is 8.06. The molecule has 2 rings (SSSR count). The van der Waals surface area contributed by atoms with Gasteiger partial charge < -0.3 is 5.32 Å². The Morgan fingerprint density at radius 1 is 1.40 bits per heavy atom. The van der Waals surface area contributed by atoms with Gasteiger partial charge in [0.25, 0.3) is 0 Å². The van der Waals surface area contributed by atoms with Crippen molar-refractivity contribution in [1.82, 2.24) is 10.3 Å². The predicted octanol–water partition coefficient (Wildman–Crippen LogP) is 4.43. The van der Waals surface area contributed by atoms with Gasteiger partial charge in [0.1, 0.15) is 0 Å². The Morgan fingerprint density at radius 3 is 2.75 bits per heavy atom. The average Bonchev–Trinajstić information content (AvgIpc) is 2.74. The second kappa shape index (κ2) is 6.57. The van der Waals surface area contributed by atoms with Crippen LogP contribution in [0.4, 0.5) is 0 Å². The van der Waals surface area contributed by atoms with E-state index >= 15 is 0 Å². The van der Waals surface area contributed by atoms with Crippen molar-refractivity contribution in [3.8, 4) is 0 Å². The third kappa shape index (κ3) is 3.82. The molecule has 2 nitrogen and oxygen atoms in total. The summed E-state index contributed by atoms with van der Waals surface area (Å²) in [5, 5.41) is 7.23. The van der Waals surface area contributed by atoms with E-state index in [-0.39, 0.29) is 0 Å². The molecule has 1 N–H and O–H groups in total. The van der Waals surface area contributed by atoms with E-state index in [4.69, 9.17) is 0 Å². The number of hydrogen-bond donors (Lipinski definition) is 1. The standard InChI is InChI=1S/C17H30N2S/c1-6-18-15-9-12(2)7-8-14(15)17(4,5)10-16-19-13(3)11-20-16/h11-12,14-15,18H,6-10H2,1-5H3. The summed E-state index contributed by atoms with van der Waals surface area (Å²) in [6.07, 6.45) is 5.19. The summed E-state index contributed by atoms with van der Waals surface area (Å²) in [7, 11) is 0. The maximum atomic E-state index is 4.67. The summed E-state index contributed by atoms with van der Waals surface area (Å²) in [5.41, 5.74) is 1.50. The van der Waals surface area contributed by atoms with Crippen LogP contribution < -0.4 is 5.32 Å². The van der Waals surface area contributed by atoms with Crippen LogP contribution in [0.3, 0.4) is 0 Å². The van der Waals surface area contributed by atoms with E-state index in [1.165, 1.54) is 30.0 Å². The smallest absolute Gasteiger partial charge is 0.0933 e. The molecule has 1 aliphatic carbocycles. The summed E-state index contributed by atoms with van der Waals surface area (Å²) >= 11 is 1.82. The predicted molar refractivity (Wildman–Crippen MR) is 88.3 cm³/mol. The maximum Gasteiger partial charge on any atom is 0.0933 e. The molecule has 0 saturated heterocycles. The summed E-state index contributed by atoms with van der Waals surface area (Å²) in [6.45, 7) is 12.7. The molecular formula is C17H30N2S. The molecule has 0 amide bonds. The zero-order chi connectivity index (χ0) is 14.8. The van der Waals surface area contributed by atoms with E-state index in [1.54, 1.807) is 0 Å². The number of aryl methyl sites for hydroxylation is 1. The molecule has 3 heteroatoms. The van der Waals surface area contributed by atoms with Gasteiger partial charge in [-0.05, 0) is 43.6 Å². The van der Waals surface area contributed by atoms with Crippen molar-refractivity contribution in [3.05, 3.63) is 16.1 Å². The van der Waals surface area contributed by atoms with Crippen LogP contribution in [0.25, 0.3) is 0 Å². The molecule has 0 radical (unpaired) electrons. The number of nitrogens with one attached hydrogen (secondary N) is 1. The third-order valence-electron chi connectivity index (χ3n) is 4.86. The minimum Gasteiger partial charge on any atom is -0.314 e. The monoisotopic (exact) mass is 294 g/mol. The Labute approximate surface area is 128 Å². The van der Waals surface area contributed by atoms with Crippen LogP contribution in [0.15, 0.2) is 5.38 Å². The summed E-state index contributed by atoms with van der Waals surface area (Å²) in [6, 6.07) is 0.680. The minimum atomic E-state index is 0.331. The van der Waals surface area contributed by atoms with E-state index in [9.17, 15) is 0 Å². The SMILES string of the molecule is CCNC1CC(C)CCC1C(C)(C)Cc1nc(C)cs1. The molecule has 20 heavy (non-hydrogen) atoms. The zero-order valence-corrected chi connectivity index (χ0v) is 14.5. The molecule has 0 bridgehead atoms. The van der Waals surface area contributed by atoms with Gasteiger partial charge >= 0.3 is 0 Å². The van der Waals surface area contributed by atoms with Crippen LogP contribution in [0.1, 0.15) is 57.7 Å². The Morgan fingerprint density at radius 2 is 2.15 bits per heavy atom. The van der Waals surface area contributed by atoms with E-state index in [0.717, 1.165) is 24.8 Å². The Kier molecular flexibility index (Phi) is 5.25. The van der Waals surface area contributed by atoms with Crippen molar-refractivity contribution in [2.24, 2.45) is 17.3 Å². The van der Waals surface area contributed by atoms with Crippen molar-refractivity contribution in [2.45, 2.75) is 66.3 Å². The lowest BCUT2D eigenvalue weighted by Gasteiger charge is -2.44. The minimum absolute atomic E-state index is 0.331. The Bertz CT molecular complexity index is 424. The van der Waals surface area contributed by atoms with Crippen LogP contribution >= 0.6 is 11.3 Å². The fraction of sp³-hybridized carbons (Fsp3) is 0.824. The first kappa shape index (κ1) is 16.0. The van der Waals surface area contributed by atoms with Gasteiger partial charge in [0.15, 0.2) is 0 Å². The Hall–Kier alpha value is -0.410. The number of nitrogens with zero attached hydrogens (tertiary/aromatic N) is 1. The summed E-state index contributed by atoms with van der Waals surface area (Å²) in [4.78, 5) is 4.67. The van der Waals surface area contributed by atoms with E-state index in [2.05, 4.69) is 50.3 Å². The van der Waals surface area contributed by atoms with Crippen molar-refractivity contribution in [3.63, 3.8) is 0 Å². The highest BCUT2D eigenvalue weighted by Crippen LogP contribution is 2.42. The lowest BCUT2D eigenvalue weighted by atomic mass is 9.65. The van der Waals surface area contributed by atoms with E-state index in [0.29, 0.717) is 11.5 Å². The van der Waals surface area contributed by atoms with E-state index in [1.807, 2.05) is 11.3 Å². The van der Waals surface area contributed by atoms with Gasteiger partial charge in [0.05, 0.1) is 5.01 Å². The number of thiazole rings is 1. The number of hydrogen-bond acceptors (Lipinski definition) is 3. The van der Waals surface area contributed by atoms with Crippen LogP contribution in [0.5, 0.6) is 0 Å². The van der Waals surface area contributed by atoms with Gasteiger partial charge in [-0.15, -0.1) is 11.3 Å². The van der Waals surface area contributed by atoms with Gasteiger partial charge in [-0.3, -0.25) is 0 Å². The molecule has 3 unspecified atom stereocenters. The number of aromatic nitrogens is 1. The lowest BCUT2D eigenvalue weighted by molar-refractivity contribution is 0.0949. The highest BCUT2D eigenvalue weighted by atomic mass is 32.1. The first-order valence-corrected chi connectivity index (χ1v) is 8.94. The molecule has 114 valence electrons. The molecule has 1 saturated carbocycles. The molecule has 1 heterocycles. The van der Waals surface area contributed by atoms with Crippen LogP contribution in [-0.4, -0.2) is 17.6 Å². The van der Waals surface area contributed by atoms with Gasteiger partial charge in [0.2, 0.25) is 0 Å². The molecule has 1 aromatic rings. The third-order valence-corrected chi connectivity index (χ3v) is 5.82. The largest absolute Gasteiger partial charge is 0.314 e. The van der Waals surface area contributed by atoms with Crippen LogP contribution in [0, 0.1) is 24.2 Å². The van der Waals surface area contributed by atoms with Gasteiger partial charge in [-0.2, -0.15) is 0 Å².